The first-order valence-corrected chi connectivity index (χ1v) is 14.3. The molecule has 0 aromatic heterocycles. The van der Waals surface area contributed by atoms with Gasteiger partial charge in [0, 0.05) is 67.1 Å². The van der Waals surface area contributed by atoms with Gasteiger partial charge in [-0.25, -0.2) is 9.59 Å². The topological polar surface area (TPSA) is 95.1 Å². The van der Waals surface area contributed by atoms with Crippen LogP contribution >= 0.6 is 0 Å². The molecule has 4 rings (SSSR count). The number of nitrogens with one attached hydrogen (secondary N) is 2. The van der Waals surface area contributed by atoms with E-state index in [0.29, 0.717) is 12.8 Å². The normalized spacial score (nSPS) is 33.0. The van der Waals surface area contributed by atoms with Crippen LogP contribution in [0, 0.1) is 0 Å². The Morgan fingerprint density at radius 3 is 1.32 bits per heavy atom. The molecule has 3 aliphatic heterocycles. The fraction of sp³-hybridized carbons (Fsp3) is 0.931. The van der Waals surface area contributed by atoms with E-state index in [1.807, 2.05) is 0 Å². The Hall–Kier alpha value is -1.22. The van der Waals surface area contributed by atoms with Gasteiger partial charge in [-0.2, -0.15) is 0 Å². The highest BCUT2D eigenvalue weighted by Gasteiger charge is 2.50. The predicted molar refractivity (Wildman–Crippen MR) is 141 cm³/mol. The van der Waals surface area contributed by atoms with E-state index in [0.717, 1.165) is 44.9 Å². The van der Waals surface area contributed by atoms with E-state index in [1.54, 1.807) is 0 Å². The Kier molecular flexibility index (Phi) is 7.83. The van der Waals surface area contributed by atoms with Gasteiger partial charge in [-0.05, 0) is 68.2 Å². The molecule has 0 aromatic rings. The van der Waals surface area contributed by atoms with Crippen LogP contribution in [0.5, 0.6) is 0 Å². The minimum atomic E-state index is -0.927. The van der Waals surface area contributed by atoms with E-state index in [-0.39, 0.29) is 40.8 Å². The monoisotopic (exact) mass is 522 g/mol. The van der Waals surface area contributed by atoms with Gasteiger partial charge in [0.25, 0.3) is 0 Å². The van der Waals surface area contributed by atoms with Crippen LogP contribution in [0.15, 0.2) is 0 Å². The second-order valence-corrected chi connectivity index (χ2v) is 14.6. The first-order valence-electron chi connectivity index (χ1n) is 14.3. The fourth-order valence-corrected chi connectivity index (χ4v) is 7.56. The number of hydrogen-bond donors (Lipinski definition) is 2. The van der Waals surface area contributed by atoms with Gasteiger partial charge in [0.2, 0.25) is 0 Å². The number of ether oxygens (including phenoxy) is 4. The van der Waals surface area contributed by atoms with Crippen LogP contribution in [0.4, 0.5) is 0 Å². The molecule has 0 radical (unpaired) electrons. The Balaban J connectivity index is 1.46. The average Bonchev–Trinajstić information content (AvgIpc) is 2.69. The van der Waals surface area contributed by atoms with Crippen molar-refractivity contribution in [3.8, 4) is 0 Å². The maximum absolute atomic E-state index is 13.5. The molecular formula is C29H50N2O6. The third-order valence-electron chi connectivity index (χ3n) is 8.15. The zero-order valence-electron chi connectivity index (χ0n) is 24.3. The van der Waals surface area contributed by atoms with Crippen LogP contribution in [0.1, 0.15) is 120 Å². The highest BCUT2D eigenvalue weighted by Crippen LogP contribution is 2.41. The van der Waals surface area contributed by atoms with Gasteiger partial charge in [0.1, 0.15) is 12.2 Å². The van der Waals surface area contributed by atoms with Gasteiger partial charge in [-0.15, -0.1) is 0 Å². The molecule has 212 valence electrons. The summed E-state index contributed by atoms with van der Waals surface area (Å²) >= 11 is 0. The highest BCUT2D eigenvalue weighted by molar-refractivity contribution is 5.79. The SMILES string of the molecule is CC1(C)CC(OC(=O)C2CC(C(=O)OC3CC(C)(C)NC(C)(C)C3)OC3(CCCCC3)O2)CC(C)(C)N1. The van der Waals surface area contributed by atoms with E-state index < -0.39 is 29.9 Å². The molecule has 2 atom stereocenters. The second-order valence-electron chi connectivity index (χ2n) is 14.6. The number of esters is 2. The Morgan fingerprint density at radius 2 is 0.973 bits per heavy atom. The third kappa shape index (κ3) is 7.46. The number of carbonyl (C=O) groups is 2. The lowest BCUT2D eigenvalue weighted by Crippen LogP contribution is -2.61. The molecule has 0 aromatic carbocycles. The van der Waals surface area contributed by atoms with Crippen molar-refractivity contribution in [3.63, 3.8) is 0 Å². The third-order valence-corrected chi connectivity index (χ3v) is 8.15. The highest BCUT2D eigenvalue weighted by atomic mass is 16.7. The molecule has 1 aliphatic carbocycles. The van der Waals surface area contributed by atoms with Gasteiger partial charge < -0.3 is 29.6 Å². The molecule has 2 N–H and O–H groups in total. The molecule has 0 bridgehead atoms. The van der Waals surface area contributed by atoms with Crippen LogP contribution in [-0.2, 0) is 28.5 Å². The molecule has 8 heteroatoms. The van der Waals surface area contributed by atoms with Crippen molar-refractivity contribution in [1.29, 1.82) is 0 Å². The van der Waals surface area contributed by atoms with Crippen molar-refractivity contribution in [2.24, 2.45) is 0 Å². The van der Waals surface area contributed by atoms with Crippen molar-refractivity contribution in [2.45, 2.75) is 172 Å². The molecule has 1 spiro atoms. The van der Waals surface area contributed by atoms with Crippen LogP contribution < -0.4 is 10.6 Å². The van der Waals surface area contributed by atoms with Crippen molar-refractivity contribution < 1.29 is 28.5 Å². The molecule has 8 nitrogen and oxygen atoms in total. The van der Waals surface area contributed by atoms with E-state index in [9.17, 15) is 9.59 Å². The number of carbonyl (C=O) groups excluding carboxylic acids is 2. The largest absolute Gasteiger partial charge is 0.460 e. The van der Waals surface area contributed by atoms with E-state index in [1.165, 1.54) is 0 Å². The smallest absolute Gasteiger partial charge is 0.335 e. The maximum Gasteiger partial charge on any atom is 0.335 e. The first kappa shape index (κ1) is 28.8. The lowest BCUT2D eigenvalue weighted by Gasteiger charge is -2.48. The molecule has 2 unspecified atom stereocenters. The molecule has 4 fully saturated rings. The van der Waals surface area contributed by atoms with Crippen LogP contribution in [-0.4, -0.2) is 64.3 Å². The Bertz CT molecular complexity index is 766. The number of hydrogen-bond acceptors (Lipinski definition) is 8. The van der Waals surface area contributed by atoms with Crippen molar-refractivity contribution in [1.82, 2.24) is 10.6 Å². The van der Waals surface area contributed by atoms with Gasteiger partial charge in [0.15, 0.2) is 18.0 Å². The minimum absolute atomic E-state index is 0.120. The van der Waals surface area contributed by atoms with Gasteiger partial charge in [0.05, 0.1) is 0 Å². The maximum atomic E-state index is 13.5. The predicted octanol–water partition coefficient (Wildman–Crippen LogP) is 4.53. The summed E-state index contributed by atoms with van der Waals surface area (Å²) in [7, 11) is 0. The van der Waals surface area contributed by atoms with Gasteiger partial charge >= 0.3 is 11.9 Å². The summed E-state index contributed by atoms with van der Waals surface area (Å²) in [5.74, 6) is -1.72. The zero-order valence-corrected chi connectivity index (χ0v) is 24.3. The van der Waals surface area contributed by atoms with Crippen molar-refractivity contribution in [3.05, 3.63) is 0 Å². The van der Waals surface area contributed by atoms with Crippen molar-refractivity contribution in [2.75, 3.05) is 0 Å². The molecular weight excluding hydrogens is 472 g/mol. The zero-order chi connectivity index (χ0) is 27.3. The summed E-state index contributed by atoms with van der Waals surface area (Å²) in [6, 6.07) is 0. The standard InChI is InChI=1S/C29H50N2O6/c1-25(2)15-19(16-26(3,4)30-25)34-23(32)21-14-22(37-29(36-21)12-10-9-11-13-29)24(33)35-20-17-27(5,6)31-28(7,8)18-20/h19-22,30-31H,9-18H2,1-8H3. The Morgan fingerprint density at radius 1 is 0.622 bits per heavy atom. The Labute approximate surface area is 223 Å². The molecule has 37 heavy (non-hydrogen) atoms. The number of rotatable bonds is 4. The molecule has 0 amide bonds. The van der Waals surface area contributed by atoms with Crippen LogP contribution in [0.3, 0.4) is 0 Å². The van der Waals surface area contributed by atoms with Crippen molar-refractivity contribution >= 4 is 11.9 Å². The van der Waals surface area contributed by atoms with Gasteiger partial charge in [-0.3, -0.25) is 0 Å². The number of piperidine rings is 2. The molecule has 4 aliphatic rings. The van der Waals surface area contributed by atoms with Gasteiger partial charge in [-0.1, -0.05) is 6.42 Å². The molecule has 1 saturated carbocycles. The van der Waals surface area contributed by atoms with E-state index in [4.69, 9.17) is 18.9 Å². The summed E-state index contributed by atoms with van der Waals surface area (Å²) in [6.07, 6.45) is 5.23. The minimum Gasteiger partial charge on any atom is -0.460 e. The van der Waals surface area contributed by atoms with Crippen LogP contribution in [0.2, 0.25) is 0 Å². The summed E-state index contributed by atoms with van der Waals surface area (Å²) in [6.45, 7) is 17.0. The lowest BCUT2D eigenvalue weighted by atomic mass is 9.81. The summed E-state index contributed by atoms with van der Waals surface area (Å²) in [4.78, 5) is 26.9. The van der Waals surface area contributed by atoms with E-state index >= 15 is 0 Å². The lowest BCUT2D eigenvalue weighted by molar-refractivity contribution is -0.324. The average molecular weight is 523 g/mol. The molecule has 3 heterocycles. The first-order chi connectivity index (χ1) is 17.0. The van der Waals surface area contributed by atoms with E-state index in [2.05, 4.69) is 66.0 Å². The quantitative estimate of drug-likeness (QED) is 0.520. The summed E-state index contributed by atoms with van der Waals surface area (Å²) in [5, 5.41) is 7.25. The second kappa shape index (κ2) is 10.1. The fourth-order valence-electron chi connectivity index (χ4n) is 7.56. The molecule has 3 saturated heterocycles. The van der Waals surface area contributed by atoms with Crippen LogP contribution in [0.25, 0.3) is 0 Å². The summed E-state index contributed by atoms with van der Waals surface area (Å²) in [5.41, 5.74) is -0.569. The summed E-state index contributed by atoms with van der Waals surface area (Å²) < 4.78 is 24.8.